The molecule has 112 valence electrons. The van der Waals surface area contributed by atoms with Gasteiger partial charge in [-0.3, -0.25) is 0 Å². The topological polar surface area (TPSA) is 24.9 Å². The quantitative estimate of drug-likeness (QED) is 0.776. The maximum Gasteiger partial charge on any atom is 0.182 e. The molecule has 2 radical (unpaired) electrons. The number of nitrogens with zero attached hydrogens (tertiary/aromatic N) is 2. The molecule has 6 heteroatoms. The second-order valence-electron chi connectivity index (χ2n) is 5.54. The molecule has 0 N–H and O–H groups in total. The van der Waals surface area contributed by atoms with Gasteiger partial charge in [-0.25, -0.2) is 0 Å². The van der Waals surface area contributed by atoms with E-state index in [9.17, 15) is 0 Å². The van der Waals surface area contributed by atoms with E-state index in [0.29, 0.717) is 0 Å². The lowest BCUT2D eigenvalue weighted by molar-refractivity contribution is 0.201. The zero-order valence-electron chi connectivity index (χ0n) is 12.4. The fourth-order valence-corrected chi connectivity index (χ4v) is 3.79. The van der Waals surface area contributed by atoms with Crippen LogP contribution < -0.4 is 9.64 Å². The summed E-state index contributed by atoms with van der Waals surface area (Å²) in [5, 5.41) is 0. The third kappa shape index (κ3) is 3.08. The molecule has 3 rings (SSSR count). The van der Waals surface area contributed by atoms with E-state index in [1.54, 1.807) is 7.11 Å². The monoisotopic (exact) mass is 350 g/mol. The molecule has 0 fully saturated rings. The maximum absolute atomic E-state index is 5.97. The minimum atomic E-state index is 0.719. The van der Waals surface area contributed by atoms with Gasteiger partial charge >= 0.3 is 0 Å². The summed E-state index contributed by atoms with van der Waals surface area (Å²) in [4.78, 5) is 4.24. The summed E-state index contributed by atoms with van der Waals surface area (Å²) in [6, 6.07) is 2.28. The molecule has 1 aromatic carbocycles. The Morgan fingerprint density at radius 1 is 1.33 bits per heavy atom. The van der Waals surface area contributed by atoms with Crippen molar-refractivity contribution >= 4 is 29.6 Å². The van der Waals surface area contributed by atoms with Gasteiger partial charge in [0.05, 0.1) is 23.3 Å². The first-order valence-corrected chi connectivity index (χ1v) is 8.20. The zero-order chi connectivity index (χ0) is 14.8. The van der Waals surface area contributed by atoms with Crippen molar-refractivity contribution in [1.82, 2.24) is 4.81 Å². The number of methoxy groups -OCH3 is 1. The van der Waals surface area contributed by atoms with Crippen molar-refractivity contribution in [2.75, 3.05) is 51.4 Å². The minimum absolute atomic E-state index is 0.719. The van der Waals surface area contributed by atoms with Gasteiger partial charge in [-0.2, -0.15) is 0 Å². The van der Waals surface area contributed by atoms with E-state index in [0.717, 1.165) is 62.5 Å². The molecule has 0 aliphatic carbocycles. The maximum atomic E-state index is 5.97. The lowest BCUT2D eigenvalue weighted by Crippen LogP contribution is -2.35. The normalized spacial score (nSPS) is 18.7. The Labute approximate surface area is 135 Å². The van der Waals surface area contributed by atoms with Crippen LogP contribution in [0.3, 0.4) is 0 Å². The first-order chi connectivity index (χ1) is 10.2. The van der Waals surface area contributed by atoms with Gasteiger partial charge in [0.25, 0.3) is 0 Å². The molecule has 21 heavy (non-hydrogen) atoms. The molecule has 0 unspecified atom stereocenters. The highest BCUT2D eigenvalue weighted by molar-refractivity contribution is 9.10. The van der Waals surface area contributed by atoms with Crippen LogP contribution in [0.15, 0.2) is 10.5 Å². The molecular weight excluding hydrogens is 331 g/mol. The summed E-state index contributed by atoms with van der Waals surface area (Å²) in [6.45, 7) is 5.03. The molecule has 0 aromatic heterocycles. The Morgan fingerprint density at radius 3 is 2.95 bits per heavy atom. The Bertz CT molecular complexity index is 527. The third-order valence-electron chi connectivity index (χ3n) is 4.23. The van der Waals surface area contributed by atoms with Crippen LogP contribution in [0.1, 0.15) is 11.1 Å². The second kappa shape index (κ2) is 6.59. The van der Waals surface area contributed by atoms with Crippen molar-refractivity contribution in [3.8, 4) is 5.75 Å². The number of rotatable bonds is 3. The summed E-state index contributed by atoms with van der Waals surface area (Å²) in [6.07, 6.45) is 1.94. The molecule has 2 aliphatic rings. The van der Waals surface area contributed by atoms with Crippen LogP contribution in [-0.2, 0) is 17.6 Å². The van der Waals surface area contributed by atoms with Crippen molar-refractivity contribution in [2.45, 2.75) is 12.8 Å². The standard InChI is InChI=1S/C15H20BBrN2O2/c1-20-8-6-18-7-9-21-15-13(18)10-11-2-4-19(16)5-3-12(11)14(15)17/h10H,2-9H2,1H3. The average Bonchev–Trinajstić information content (AvgIpc) is 2.68. The highest BCUT2D eigenvalue weighted by atomic mass is 79.9. The van der Waals surface area contributed by atoms with Crippen LogP contribution in [0, 0.1) is 0 Å². The first kappa shape index (κ1) is 15.2. The van der Waals surface area contributed by atoms with Crippen molar-refractivity contribution in [2.24, 2.45) is 0 Å². The van der Waals surface area contributed by atoms with Crippen molar-refractivity contribution < 1.29 is 9.47 Å². The predicted octanol–water partition coefficient (Wildman–Crippen LogP) is 1.78. The number of ether oxygens (including phenoxy) is 2. The number of halogens is 1. The lowest BCUT2D eigenvalue weighted by atomic mass is 10.0. The van der Waals surface area contributed by atoms with Crippen LogP contribution >= 0.6 is 15.9 Å². The van der Waals surface area contributed by atoms with Crippen molar-refractivity contribution in [1.29, 1.82) is 0 Å². The van der Waals surface area contributed by atoms with Crippen LogP contribution in [0.5, 0.6) is 5.75 Å². The van der Waals surface area contributed by atoms with Gasteiger partial charge in [0.1, 0.15) is 6.61 Å². The SMILES string of the molecule is [B]N1CCc2cc3c(c(Br)c2CC1)OCCN3CCOC. The van der Waals surface area contributed by atoms with Gasteiger partial charge in [0.2, 0.25) is 0 Å². The van der Waals surface area contributed by atoms with E-state index in [4.69, 9.17) is 17.5 Å². The van der Waals surface area contributed by atoms with Crippen molar-refractivity contribution in [3.05, 3.63) is 21.7 Å². The molecule has 1 aromatic rings. The smallest absolute Gasteiger partial charge is 0.182 e. The van der Waals surface area contributed by atoms with Gasteiger partial charge in [0, 0.05) is 13.7 Å². The number of benzene rings is 1. The van der Waals surface area contributed by atoms with Gasteiger partial charge in [0.15, 0.2) is 13.7 Å². The van der Waals surface area contributed by atoms with E-state index >= 15 is 0 Å². The van der Waals surface area contributed by atoms with Crippen LogP contribution in [0.25, 0.3) is 0 Å². The fourth-order valence-electron chi connectivity index (χ4n) is 3.02. The molecule has 0 spiro atoms. The molecule has 0 amide bonds. The largest absolute Gasteiger partial charge is 0.488 e. The van der Waals surface area contributed by atoms with Gasteiger partial charge < -0.3 is 19.2 Å². The highest BCUT2D eigenvalue weighted by Crippen LogP contribution is 2.43. The molecular formula is C15H20BBrN2O2. The summed E-state index contributed by atoms with van der Waals surface area (Å²) >= 11 is 3.76. The fraction of sp³-hybridized carbons (Fsp3) is 0.600. The zero-order valence-corrected chi connectivity index (χ0v) is 14.0. The first-order valence-electron chi connectivity index (χ1n) is 7.41. The number of hydrogen-bond donors (Lipinski definition) is 0. The lowest BCUT2D eigenvalue weighted by Gasteiger charge is -2.33. The van der Waals surface area contributed by atoms with Crippen LogP contribution in [-0.4, -0.2) is 59.3 Å². The molecule has 0 atom stereocenters. The highest BCUT2D eigenvalue weighted by Gasteiger charge is 2.25. The summed E-state index contributed by atoms with van der Waals surface area (Å²) in [5.74, 6) is 0.974. The minimum Gasteiger partial charge on any atom is -0.488 e. The van der Waals surface area contributed by atoms with E-state index in [1.807, 2.05) is 4.81 Å². The molecule has 4 nitrogen and oxygen atoms in total. The Hall–Kier alpha value is -0.715. The molecule has 2 heterocycles. The average molecular weight is 351 g/mol. The molecule has 0 saturated heterocycles. The van der Waals surface area contributed by atoms with Gasteiger partial charge in [-0.15, -0.1) is 0 Å². The number of anilines is 1. The van der Waals surface area contributed by atoms with E-state index in [2.05, 4.69) is 26.9 Å². The van der Waals surface area contributed by atoms with Gasteiger partial charge in [-0.05, 0) is 59.1 Å². The van der Waals surface area contributed by atoms with Gasteiger partial charge in [-0.1, -0.05) is 0 Å². The number of hydrogen-bond acceptors (Lipinski definition) is 4. The Morgan fingerprint density at radius 2 is 2.14 bits per heavy atom. The van der Waals surface area contributed by atoms with Crippen LogP contribution in [0.4, 0.5) is 5.69 Å². The third-order valence-corrected chi connectivity index (χ3v) is 5.07. The summed E-state index contributed by atoms with van der Waals surface area (Å²) < 4.78 is 12.2. The van der Waals surface area contributed by atoms with Crippen molar-refractivity contribution in [3.63, 3.8) is 0 Å². The van der Waals surface area contributed by atoms with E-state index in [-0.39, 0.29) is 0 Å². The Kier molecular flexibility index (Phi) is 4.77. The summed E-state index contributed by atoms with van der Waals surface area (Å²) in [7, 11) is 7.71. The number of fused-ring (bicyclic) bond motifs is 2. The van der Waals surface area contributed by atoms with E-state index in [1.165, 1.54) is 16.8 Å². The Balaban J connectivity index is 1.97. The van der Waals surface area contributed by atoms with Crippen LogP contribution in [0.2, 0.25) is 0 Å². The molecule has 0 saturated carbocycles. The predicted molar refractivity (Wildman–Crippen MR) is 88.5 cm³/mol. The van der Waals surface area contributed by atoms with E-state index < -0.39 is 0 Å². The molecule has 2 aliphatic heterocycles. The summed E-state index contributed by atoms with van der Waals surface area (Å²) in [5.41, 5.74) is 3.89. The second-order valence-corrected chi connectivity index (χ2v) is 6.33. The molecule has 0 bridgehead atoms.